The number of carbonyl (C=O) groups is 1. The molecule has 1 heterocycles. The van der Waals surface area contributed by atoms with Crippen molar-refractivity contribution in [2.24, 2.45) is 0 Å². The summed E-state index contributed by atoms with van der Waals surface area (Å²) in [4.78, 5) is 15.3. The SMILES string of the molecule is CC(NS(=O)(=O)c1ccccc1)c1cc(CCC(=O)O)cc(Cc2cccnc2)c1. The van der Waals surface area contributed by atoms with Gasteiger partial charge in [0.1, 0.15) is 0 Å². The summed E-state index contributed by atoms with van der Waals surface area (Å²) in [6.45, 7) is 1.78. The molecule has 3 aromatic rings. The predicted octanol–water partition coefficient (Wildman–Crippen LogP) is 3.73. The first-order chi connectivity index (χ1) is 14.3. The molecule has 0 spiro atoms. The van der Waals surface area contributed by atoms with E-state index in [0.717, 1.165) is 22.3 Å². The lowest BCUT2D eigenvalue weighted by molar-refractivity contribution is -0.136. The van der Waals surface area contributed by atoms with E-state index in [0.29, 0.717) is 12.8 Å². The summed E-state index contributed by atoms with van der Waals surface area (Å²) in [5.74, 6) is -0.868. The third-order valence-electron chi connectivity index (χ3n) is 4.72. The van der Waals surface area contributed by atoms with Crippen LogP contribution in [0.5, 0.6) is 0 Å². The molecule has 0 aliphatic rings. The van der Waals surface area contributed by atoms with Crippen LogP contribution in [0.2, 0.25) is 0 Å². The van der Waals surface area contributed by atoms with Gasteiger partial charge in [0.15, 0.2) is 0 Å². The summed E-state index contributed by atoms with van der Waals surface area (Å²) < 4.78 is 28.1. The second kappa shape index (κ2) is 9.65. The minimum absolute atomic E-state index is 0.0138. The molecular weight excluding hydrogens is 400 g/mol. The Kier molecular flexibility index (Phi) is 6.97. The Hall–Kier alpha value is -3.03. The van der Waals surface area contributed by atoms with Crippen molar-refractivity contribution >= 4 is 16.0 Å². The number of carboxylic acids is 1. The second-order valence-electron chi connectivity index (χ2n) is 7.17. The Balaban J connectivity index is 1.88. The number of aryl methyl sites for hydroxylation is 1. The largest absolute Gasteiger partial charge is 0.481 e. The third kappa shape index (κ3) is 5.98. The molecule has 156 valence electrons. The maximum Gasteiger partial charge on any atom is 0.303 e. The number of pyridine rings is 1. The molecule has 0 aliphatic heterocycles. The molecule has 6 nitrogen and oxygen atoms in total. The molecule has 1 aromatic heterocycles. The van der Waals surface area contributed by atoms with E-state index in [1.165, 1.54) is 0 Å². The van der Waals surface area contributed by atoms with Gasteiger partial charge in [-0.05, 0) is 60.2 Å². The third-order valence-corrected chi connectivity index (χ3v) is 6.28. The van der Waals surface area contributed by atoms with E-state index in [-0.39, 0.29) is 11.3 Å². The van der Waals surface area contributed by atoms with Gasteiger partial charge in [-0.25, -0.2) is 13.1 Å². The Morgan fingerprint density at radius 1 is 1.03 bits per heavy atom. The number of carboxylic acid groups (broad SMARTS) is 1. The van der Waals surface area contributed by atoms with Crippen LogP contribution < -0.4 is 4.72 Å². The lowest BCUT2D eigenvalue weighted by Gasteiger charge is -2.17. The van der Waals surface area contributed by atoms with Crippen LogP contribution in [-0.4, -0.2) is 24.5 Å². The van der Waals surface area contributed by atoms with Crippen molar-refractivity contribution in [3.8, 4) is 0 Å². The van der Waals surface area contributed by atoms with E-state index in [1.54, 1.807) is 49.6 Å². The number of rotatable bonds is 9. The fraction of sp³-hybridized carbons (Fsp3) is 0.217. The van der Waals surface area contributed by atoms with Gasteiger partial charge >= 0.3 is 5.97 Å². The van der Waals surface area contributed by atoms with Gasteiger partial charge in [-0.2, -0.15) is 0 Å². The normalized spacial score (nSPS) is 12.4. The summed E-state index contributed by atoms with van der Waals surface area (Å²) in [7, 11) is -3.67. The molecule has 0 aliphatic carbocycles. The van der Waals surface area contributed by atoms with E-state index in [1.807, 2.05) is 30.3 Å². The molecule has 2 aromatic carbocycles. The first kappa shape index (κ1) is 21.7. The van der Waals surface area contributed by atoms with E-state index in [9.17, 15) is 13.2 Å². The summed E-state index contributed by atoms with van der Waals surface area (Å²) in [6.07, 6.45) is 4.50. The zero-order valence-electron chi connectivity index (χ0n) is 16.7. The average molecular weight is 425 g/mol. The maximum absolute atomic E-state index is 12.7. The maximum atomic E-state index is 12.7. The average Bonchev–Trinajstić information content (AvgIpc) is 2.73. The lowest BCUT2D eigenvalue weighted by atomic mass is 9.96. The Morgan fingerprint density at radius 3 is 2.43 bits per heavy atom. The topological polar surface area (TPSA) is 96.4 Å². The van der Waals surface area contributed by atoms with E-state index in [4.69, 9.17) is 5.11 Å². The van der Waals surface area contributed by atoms with Crippen LogP contribution in [0.4, 0.5) is 0 Å². The fourth-order valence-corrected chi connectivity index (χ4v) is 4.50. The summed E-state index contributed by atoms with van der Waals surface area (Å²) in [5.41, 5.74) is 3.65. The van der Waals surface area contributed by atoms with Crippen molar-refractivity contribution in [1.82, 2.24) is 9.71 Å². The zero-order chi connectivity index (χ0) is 21.6. The molecule has 2 N–H and O–H groups in total. The predicted molar refractivity (Wildman–Crippen MR) is 115 cm³/mol. The van der Waals surface area contributed by atoms with Crippen molar-refractivity contribution in [2.45, 2.75) is 37.1 Å². The number of hydrogen-bond donors (Lipinski definition) is 2. The summed E-state index contributed by atoms with van der Waals surface area (Å²) in [6, 6.07) is 17.4. The van der Waals surface area contributed by atoms with Crippen molar-refractivity contribution in [3.63, 3.8) is 0 Å². The van der Waals surface area contributed by atoms with E-state index < -0.39 is 22.0 Å². The summed E-state index contributed by atoms with van der Waals surface area (Å²) >= 11 is 0. The fourth-order valence-electron chi connectivity index (χ4n) is 3.25. The first-order valence-corrected chi connectivity index (χ1v) is 11.1. The molecule has 0 bridgehead atoms. The summed E-state index contributed by atoms with van der Waals surface area (Å²) in [5, 5.41) is 9.04. The molecule has 0 saturated heterocycles. The van der Waals surface area contributed by atoms with Gasteiger partial charge in [-0.15, -0.1) is 0 Å². The highest BCUT2D eigenvalue weighted by Gasteiger charge is 2.19. The van der Waals surface area contributed by atoms with Gasteiger partial charge in [0, 0.05) is 24.9 Å². The molecule has 0 amide bonds. The van der Waals surface area contributed by atoms with Crippen LogP contribution in [0.25, 0.3) is 0 Å². The molecule has 1 unspecified atom stereocenters. The van der Waals surface area contributed by atoms with Crippen molar-refractivity contribution < 1.29 is 18.3 Å². The minimum Gasteiger partial charge on any atom is -0.481 e. The lowest BCUT2D eigenvalue weighted by Crippen LogP contribution is -2.27. The molecule has 0 saturated carbocycles. The van der Waals surface area contributed by atoms with Gasteiger partial charge in [0.2, 0.25) is 10.0 Å². The molecule has 0 radical (unpaired) electrons. The number of aliphatic carboxylic acids is 1. The van der Waals surface area contributed by atoms with E-state index in [2.05, 4.69) is 9.71 Å². The molecule has 7 heteroatoms. The Bertz CT molecular complexity index is 1100. The van der Waals surface area contributed by atoms with Gasteiger partial charge < -0.3 is 5.11 Å². The molecule has 3 rings (SSSR count). The minimum atomic E-state index is -3.67. The van der Waals surface area contributed by atoms with Gasteiger partial charge in [-0.1, -0.05) is 42.5 Å². The Morgan fingerprint density at radius 2 is 1.77 bits per heavy atom. The smallest absolute Gasteiger partial charge is 0.303 e. The Labute approximate surface area is 176 Å². The highest BCUT2D eigenvalue weighted by molar-refractivity contribution is 7.89. The second-order valence-corrected chi connectivity index (χ2v) is 8.88. The van der Waals surface area contributed by atoms with Gasteiger partial charge in [0.05, 0.1) is 4.90 Å². The zero-order valence-corrected chi connectivity index (χ0v) is 17.5. The highest BCUT2D eigenvalue weighted by atomic mass is 32.2. The molecular formula is C23H24N2O4S. The van der Waals surface area contributed by atoms with Crippen molar-refractivity contribution in [2.75, 3.05) is 0 Å². The van der Waals surface area contributed by atoms with Crippen LogP contribution in [0.15, 0.2) is 78.0 Å². The monoisotopic (exact) mass is 424 g/mol. The van der Waals surface area contributed by atoms with Crippen LogP contribution in [0, 0.1) is 0 Å². The van der Waals surface area contributed by atoms with Crippen LogP contribution in [0.1, 0.15) is 41.6 Å². The van der Waals surface area contributed by atoms with Crippen LogP contribution >= 0.6 is 0 Å². The van der Waals surface area contributed by atoms with Crippen molar-refractivity contribution in [1.29, 1.82) is 0 Å². The number of sulfonamides is 1. The van der Waals surface area contributed by atoms with Gasteiger partial charge in [-0.3, -0.25) is 9.78 Å². The van der Waals surface area contributed by atoms with E-state index >= 15 is 0 Å². The number of aromatic nitrogens is 1. The van der Waals surface area contributed by atoms with Crippen LogP contribution in [0.3, 0.4) is 0 Å². The number of hydrogen-bond acceptors (Lipinski definition) is 4. The molecule has 0 fully saturated rings. The highest BCUT2D eigenvalue weighted by Crippen LogP contribution is 2.22. The quantitative estimate of drug-likeness (QED) is 0.546. The van der Waals surface area contributed by atoms with Crippen LogP contribution in [-0.2, 0) is 27.7 Å². The molecule has 1 atom stereocenters. The van der Waals surface area contributed by atoms with Gasteiger partial charge in [0.25, 0.3) is 0 Å². The number of nitrogens with zero attached hydrogens (tertiary/aromatic N) is 1. The van der Waals surface area contributed by atoms with Crippen molar-refractivity contribution in [3.05, 3.63) is 95.3 Å². The number of benzene rings is 2. The standard InChI is InChI=1S/C23H24N2O4S/c1-17(25-30(28,29)22-7-3-2-4-8-22)21-14-18(9-10-23(26)27)12-20(15-21)13-19-6-5-11-24-16-19/h2-8,11-12,14-17,25H,9-10,13H2,1H3,(H,26,27). The number of nitrogens with one attached hydrogen (secondary N) is 1. The first-order valence-electron chi connectivity index (χ1n) is 9.64. The molecule has 30 heavy (non-hydrogen) atoms.